The predicted octanol–water partition coefficient (Wildman–Crippen LogP) is 0.0790. The average molecular weight is 332 g/mol. The fraction of sp³-hybridized carbons (Fsp3) is 0. The van der Waals surface area contributed by atoms with Crippen LogP contribution in [0.15, 0.2) is 0 Å². The fourth-order valence-corrected chi connectivity index (χ4v) is 0. The van der Waals surface area contributed by atoms with E-state index in [0.717, 1.165) is 0 Å². The van der Waals surface area contributed by atoms with Gasteiger partial charge in [0, 0.05) is 20.1 Å². The minimum Gasteiger partial charge on any atom is 0 e. The van der Waals surface area contributed by atoms with E-state index >= 15 is 0 Å². The molecule has 0 N–H and O–H groups in total. The molecule has 0 atom stereocenters. The third-order valence-electron chi connectivity index (χ3n) is 0. The summed E-state index contributed by atoms with van der Waals surface area (Å²) in [5.74, 6) is 0. The van der Waals surface area contributed by atoms with Gasteiger partial charge in [0.25, 0.3) is 0 Å². The summed E-state index contributed by atoms with van der Waals surface area (Å²) in [5, 5.41) is 0. The number of halogens is 3. The Hall–Kier alpha value is 2.34. The summed E-state index contributed by atoms with van der Waals surface area (Å²) in [4.78, 5) is 0. The van der Waals surface area contributed by atoms with Crippen molar-refractivity contribution in [3.8, 4) is 0 Å². The van der Waals surface area contributed by atoms with Crippen LogP contribution in [0.5, 0.6) is 0 Å². The second kappa shape index (κ2) is 33.0. The molecule has 0 aromatic heterocycles. The molecule has 0 heterocycles. The largest absolute Gasteiger partial charge is 0 e. The third-order valence-corrected chi connectivity index (χ3v) is 0. The molecular weight excluding hydrogens is 326 g/mol. The summed E-state index contributed by atoms with van der Waals surface area (Å²) in [5.41, 5.74) is 0. The van der Waals surface area contributed by atoms with Crippen molar-refractivity contribution < 1.29 is 20.1 Å². The van der Waals surface area contributed by atoms with Gasteiger partial charge >= 0.3 is 24.4 Å². The summed E-state index contributed by atoms with van der Waals surface area (Å²) in [6.45, 7) is 0. The fourth-order valence-electron chi connectivity index (χ4n) is 0. The molecule has 1 radical (unpaired) electrons. The first-order chi connectivity index (χ1) is 0. The number of hydrogen-bond donors (Lipinski definition) is 0. The van der Waals surface area contributed by atoms with Gasteiger partial charge in [-0.1, -0.05) is 0 Å². The predicted molar refractivity (Wildman–Crippen MR) is 31.7 cm³/mol. The van der Waals surface area contributed by atoms with Gasteiger partial charge in [-0.25, -0.2) is 0 Å². The monoisotopic (exact) mass is 329 g/mol. The number of rotatable bonds is 0. The Balaban J connectivity index is 0. The van der Waals surface area contributed by atoms with Gasteiger partial charge in [0.15, 0.2) is 0 Å². The molecule has 0 amide bonds. The van der Waals surface area contributed by atoms with Crippen LogP contribution in [-0.4, -0.2) is 24.4 Å². The van der Waals surface area contributed by atoms with E-state index < -0.39 is 0 Å². The molecule has 0 unspecified atom stereocenters. The van der Waals surface area contributed by atoms with E-state index in [-0.39, 0.29) is 81.8 Å². The SMILES string of the molecule is Cl.Cl.Cl.[SbH3].[Tc]. The maximum atomic E-state index is 0. The quantitative estimate of drug-likeness (QED) is 0.551. The van der Waals surface area contributed by atoms with Crippen LogP contribution in [0.25, 0.3) is 0 Å². The molecule has 0 rings (SSSR count). The normalized spacial score (nSPS) is 0. The molecule has 0 aliphatic rings. The molecule has 0 aliphatic heterocycles. The van der Waals surface area contributed by atoms with Crippen LogP contribution in [0.4, 0.5) is 0 Å². The zero-order valence-electron chi connectivity index (χ0n) is 2.31. The summed E-state index contributed by atoms with van der Waals surface area (Å²) < 4.78 is 0. The molecule has 0 saturated heterocycles. The van der Waals surface area contributed by atoms with Crippen molar-refractivity contribution in [3.05, 3.63) is 0 Å². The average Bonchev–Trinajstić information content (AvgIpc) is 0. The van der Waals surface area contributed by atoms with Gasteiger partial charge in [-0.3, -0.25) is 0 Å². The van der Waals surface area contributed by atoms with Gasteiger partial charge in [0.1, 0.15) is 0 Å². The number of hydrogen-bond acceptors (Lipinski definition) is 0. The molecular formula is H6Cl3SbTc. The summed E-state index contributed by atoms with van der Waals surface area (Å²) in [6.07, 6.45) is 0. The molecule has 0 spiro atoms. The molecule has 0 nitrogen and oxygen atoms in total. The molecule has 0 aromatic carbocycles. The van der Waals surface area contributed by atoms with Crippen LogP contribution in [0, 0.1) is 0 Å². The van der Waals surface area contributed by atoms with Gasteiger partial charge in [-0.2, -0.15) is 0 Å². The second-order valence-electron chi connectivity index (χ2n) is 0. The first-order valence-corrected chi connectivity index (χ1v) is 0. The molecule has 0 saturated carbocycles. The molecule has 0 fully saturated rings. The van der Waals surface area contributed by atoms with E-state index in [1.54, 1.807) is 0 Å². The van der Waals surface area contributed by atoms with E-state index in [9.17, 15) is 0 Å². The summed E-state index contributed by atoms with van der Waals surface area (Å²) in [6, 6.07) is 0. The van der Waals surface area contributed by atoms with Crippen molar-refractivity contribution >= 4 is 61.6 Å². The topological polar surface area (TPSA) is 0 Å². The molecule has 39 valence electrons. The van der Waals surface area contributed by atoms with Gasteiger partial charge in [-0.05, 0) is 0 Å². The van der Waals surface area contributed by atoms with Crippen molar-refractivity contribution in [3.63, 3.8) is 0 Å². The molecule has 0 aliphatic carbocycles. The standard InChI is InChI=1S/3ClH.Sb.Tc.3H/h3*1H;;;;;. The maximum Gasteiger partial charge on any atom is 0 e. The van der Waals surface area contributed by atoms with Crippen LogP contribution in [0.3, 0.4) is 0 Å². The van der Waals surface area contributed by atoms with E-state index in [4.69, 9.17) is 0 Å². The van der Waals surface area contributed by atoms with E-state index in [0.29, 0.717) is 0 Å². The Kier molecular flexibility index (Phi) is 356. The van der Waals surface area contributed by atoms with Crippen molar-refractivity contribution in [2.45, 2.75) is 0 Å². The van der Waals surface area contributed by atoms with E-state index in [1.807, 2.05) is 0 Å². The Morgan fingerprint density at radius 1 is 0.600 bits per heavy atom. The Bertz CT molecular complexity index is 6.85. The zero-order chi connectivity index (χ0) is 0. The molecule has 0 aromatic rings. The Morgan fingerprint density at radius 2 is 0.600 bits per heavy atom. The van der Waals surface area contributed by atoms with Gasteiger partial charge < -0.3 is 0 Å². The first kappa shape index (κ1) is 53.9. The van der Waals surface area contributed by atoms with Gasteiger partial charge in [0.05, 0.1) is 0 Å². The smallest absolute Gasteiger partial charge is 0 e. The minimum absolute atomic E-state index is 0. The summed E-state index contributed by atoms with van der Waals surface area (Å²) >= 11 is 0. The third kappa shape index (κ3) is 21.8. The van der Waals surface area contributed by atoms with Gasteiger partial charge in [0.2, 0.25) is 0 Å². The van der Waals surface area contributed by atoms with Crippen LogP contribution in [0.2, 0.25) is 0 Å². The molecule has 0 bridgehead atoms. The van der Waals surface area contributed by atoms with Crippen LogP contribution in [0.1, 0.15) is 0 Å². The van der Waals surface area contributed by atoms with E-state index in [2.05, 4.69) is 0 Å². The van der Waals surface area contributed by atoms with Crippen LogP contribution >= 0.6 is 37.2 Å². The van der Waals surface area contributed by atoms with Crippen molar-refractivity contribution in [2.24, 2.45) is 0 Å². The Labute approximate surface area is 80.9 Å². The Morgan fingerprint density at radius 3 is 0.600 bits per heavy atom. The van der Waals surface area contributed by atoms with Crippen LogP contribution < -0.4 is 0 Å². The minimum atomic E-state index is 0. The van der Waals surface area contributed by atoms with Gasteiger partial charge in [-0.15, -0.1) is 37.2 Å². The molecule has 5 heteroatoms. The van der Waals surface area contributed by atoms with Crippen molar-refractivity contribution in [1.29, 1.82) is 0 Å². The maximum absolute atomic E-state index is 0. The summed E-state index contributed by atoms with van der Waals surface area (Å²) in [7, 11) is 0. The van der Waals surface area contributed by atoms with Crippen LogP contribution in [-0.2, 0) is 20.1 Å². The second-order valence-corrected chi connectivity index (χ2v) is 0. The first-order valence-electron chi connectivity index (χ1n) is 0. The molecule has 5 heavy (non-hydrogen) atoms. The van der Waals surface area contributed by atoms with E-state index in [1.165, 1.54) is 0 Å². The van der Waals surface area contributed by atoms with Crippen molar-refractivity contribution in [2.75, 3.05) is 0 Å². The van der Waals surface area contributed by atoms with Crippen molar-refractivity contribution in [1.82, 2.24) is 0 Å². The zero-order valence-corrected chi connectivity index (χ0v) is 10.7.